The predicted octanol–water partition coefficient (Wildman–Crippen LogP) is 4.21. The van der Waals surface area contributed by atoms with Crippen LogP contribution in [0, 0.1) is 0 Å². The maximum atomic E-state index is 12.2. The molecule has 0 saturated carbocycles. The molecule has 0 radical (unpaired) electrons. The minimum Gasteiger partial charge on any atom is -0.454 e. The third-order valence-electron chi connectivity index (χ3n) is 3.93. The smallest absolute Gasteiger partial charge is 0.338 e. The zero-order valence-electron chi connectivity index (χ0n) is 13.9. The van der Waals surface area contributed by atoms with Gasteiger partial charge in [-0.3, -0.25) is 9.59 Å². The minimum absolute atomic E-state index is 0.275. The molecule has 0 aromatic heterocycles. The van der Waals surface area contributed by atoms with Crippen molar-refractivity contribution in [2.75, 3.05) is 6.61 Å². The molecule has 0 spiro atoms. The van der Waals surface area contributed by atoms with Crippen LogP contribution >= 0.6 is 0 Å². The summed E-state index contributed by atoms with van der Waals surface area (Å²) < 4.78 is 5.06. The summed E-state index contributed by atoms with van der Waals surface area (Å²) in [7, 11) is 0. The van der Waals surface area contributed by atoms with E-state index in [4.69, 9.17) is 4.74 Å². The van der Waals surface area contributed by atoms with Gasteiger partial charge in [-0.05, 0) is 23.3 Å². The number of Topliss-reactive ketones (excluding diaryl/α,β-unsaturated/α-hetero) is 1. The molecule has 0 aliphatic heterocycles. The van der Waals surface area contributed by atoms with Gasteiger partial charge in [0.1, 0.15) is 6.29 Å². The van der Waals surface area contributed by atoms with E-state index in [1.165, 1.54) is 24.3 Å². The van der Waals surface area contributed by atoms with E-state index >= 15 is 0 Å². The van der Waals surface area contributed by atoms with Gasteiger partial charge in [-0.15, -0.1) is 0 Å². The number of rotatable bonds is 6. The molecule has 0 bridgehead atoms. The van der Waals surface area contributed by atoms with E-state index in [2.05, 4.69) is 0 Å². The van der Waals surface area contributed by atoms with E-state index in [0.717, 1.165) is 11.1 Å². The van der Waals surface area contributed by atoms with E-state index in [1.807, 2.05) is 42.5 Å². The van der Waals surface area contributed by atoms with Gasteiger partial charge in [0.2, 0.25) is 0 Å². The van der Waals surface area contributed by atoms with Crippen LogP contribution in [0.2, 0.25) is 0 Å². The highest BCUT2D eigenvalue weighted by molar-refractivity contribution is 5.99. The molecule has 0 aliphatic rings. The maximum absolute atomic E-state index is 12.2. The van der Waals surface area contributed by atoms with Crippen LogP contribution in [0.4, 0.5) is 0 Å². The van der Waals surface area contributed by atoms with Crippen LogP contribution in [0.5, 0.6) is 0 Å². The summed E-state index contributed by atoms with van der Waals surface area (Å²) in [6.45, 7) is -0.334. The summed E-state index contributed by atoms with van der Waals surface area (Å²) in [6, 6.07) is 23.0. The predicted molar refractivity (Wildman–Crippen MR) is 98.3 cm³/mol. The fourth-order valence-corrected chi connectivity index (χ4v) is 2.47. The van der Waals surface area contributed by atoms with Gasteiger partial charge in [0, 0.05) is 11.1 Å². The van der Waals surface area contributed by atoms with Crippen LogP contribution in [0.1, 0.15) is 31.1 Å². The number of aldehydes is 1. The Kier molecular flexibility index (Phi) is 5.34. The molecule has 3 aromatic carbocycles. The van der Waals surface area contributed by atoms with Crippen molar-refractivity contribution in [3.8, 4) is 11.1 Å². The molecule has 3 aromatic rings. The summed E-state index contributed by atoms with van der Waals surface area (Å²) in [5.41, 5.74) is 3.32. The largest absolute Gasteiger partial charge is 0.454 e. The summed E-state index contributed by atoms with van der Waals surface area (Å²) in [5, 5.41) is 0. The van der Waals surface area contributed by atoms with Crippen LogP contribution in [-0.2, 0) is 4.74 Å². The Morgan fingerprint density at radius 1 is 0.731 bits per heavy atom. The average molecular weight is 344 g/mol. The van der Waals surface area contributed by atoms with Crippen LogP contribution in [0.25, 0.3) is 11.1 Å². The molecule has 128 valence electrons. The molecule has 0 amide bonds. The van der Waals surface area contributed by atoms with E-state index in [0.29, 0.717) is 23.0 Å². The molecule has 0 heterocycles. The molecule has 0 atom stereocenters. The zero-order valence-corrected chi connectivity index (χ0v) is 13.9. The summed E-state index contributed by atoms with van der Waals surface area (Å²) in [6.07, 6.45) is 0.692. The molecule has 0 fully saturated rings. The summed E-state index contributed by atoms with van der Waals surface area (Å²) >= 11 is 0. The molecular weight excluding hydrogens is 328 g/mol. The molecular formula is C22H16O4. The van der Waals surface area contributed by atoms with Crippen LogP contribution < -0.4 is 0 Å². The highest BCUT2D eigenvalue weighted by Crippen LogP contribution is 2.19. The Bertz CT molecular complexity index is 911. The van der Waals surface area contributed by atoms with Gasteiger partial charge in [-0.2, -0.15) is 0 Å². The number of esters is 1. The van der Waals surface area contributed by atoms with Gasteiger partial charge in [0.25, 0.3) is 0 Å². The Labute approximate surface area is 151 Å². The first-order chi connectivity index (χ1) is 12.7. The molecule has 0 unspecified atom stereocenters. The number of benzene rings is 3. The first-order valence-corrected chi connectivity index (χ1v) is 8.08. The van der Waals surface area contributed by atoms with Crippen LogP contribution in [0.3, 0.4) is 0 Å². The van der Waals surface area contributed by atoms with Crippen molar-refractivity contribution in [2.45, 2.75) is 0 Å². The van der Waals surface area contributed by atoms with Crippen molar-refractivity contribution < 1.29 is 19.1 Å². The fraction of sp³-hybridized carbons (Fsp3) is 0.0455. The number of carbonyl (C=O) groups is 3. The Morgan fingerprint density at radius 2 is 1.31 bits per heavy atom. The molecule has 26 heavy (non-hydrogen) atoms. The fourth-order valence-electron chi connectivity index (χ4n) is 2.47. The first kappa shape index (κ1) is 17.3. The van der Waals surface area contributed by atoms with Crippen molar-refractivity contribution >= 4 is 18.0 Å². The van der Waals surface area contributed by atoms with Gasteiger partial charge >= 0.3 is 5.97 Å². The number of carbonyl (C=O) groups excluding carboxylic acids is 3. The minimum atomic E-state index is -0.600. The van der Waals surface area contributed by atoms with Gasteiger partial charge < -0.3 is 4.74 Å². The van der Waals surface area contributed by atoms with E-state index in [9.17, 15) is 14.4 Å². The molecule has 0 N–H and O–H groups in total. The highest BCUT2D eigenvalue weighted by atomic mass is 16.5. The van der Waals surface area contributed by atoms with Crippen molar-refractivity contribution in [2.24, 2.45) is 0 Å². The maximum Gasteiger partial charge on any atom is 0.338 e. The van der Waals surface area contributed by atoms with Gasteiger partial charge in [-0.25, -0.2) is 4.79 Å². The number of hydrogen-bond donors (Lipinski definition) is 0. The molecule has 3 rings (SSSR count). The van der Waals surface area contributed by atoms with Crippen LogP contribution in [-0.4, -0.2) is 24.6 Å². The van der Waals surface area contributed by atoms with Gasteiger partial charge in [-0.1, -0.05) is 66.7 Å². The Balaban J connectivity index is 1.61. The van der Waals surface area contributed by atoms with E-state index in [-0.39, 0.29) is 12.4 Å². The highest BCUT2D eigenvalue weighted by Gasteiger charge is 2.12. The second-order valence-corrected chi connectivity index (χ2v) is 5.68. The molecule has 0 saturated heterocycles. The third-order valence-corrected chi connectivity index (χ3v) is 3.93. The average Bonchev–Trinajstić information content (AvgIpc) is 2.72. The Morgan fingerprint density at radius 3 is 1.92 bits per heavy atom. The standard InChI is InChI=1S/C22H16O4/c23-14-16-6-8-20(9-7-16)22(25)26-15-21(24)19-12-10-18(11-13-19)17-4-2-1-3-5-17/h1-14H,15H2. The van der Waals surface area contributed by atoms with Gasteiger partial charge in [0.15, 0.2) is 12.4 Å². The number of ketones is 1. The Hall–Kier alpha value is -3.53. The lowest BCUT2D eigenvalue weighted by Gasteiger charge is -2.06. The topological polar surface area (TPSA) is 60.4 Å². The zero-order chi connectivity index (χ0) is 18.4. The quantitative estimate of drug-likeness (QED) is 0.382. The van der Waals surface area contributed by atoms with Crippen molar-refractivity contribution in [3.05, 3.63) is 95.6 Å². The number of hydrogen-bond acceptors (Lipinski definition) is 4. The summed E-state index contributed by atoms with van der Waals surface area (Å²) in [5.74, 6) is -0.876. The lowest BCUT2D eigenvalue weighted by molar-refractivity contribution is 0.0474. The first-order valence-electron chi connectivity index (χ1n) is 8.08. The lowest BCUT2D eigenvalue weighted by Crippen LogP contribution is -2.14. The molecule has 4 nitrogen and oxygen atoms in total. The third kappa shape index (κ3) is 4.11. The normalized spacial score (nSPS) is 10.2. The lowest BCUT2D eigenvalue weighted by atomic mass is 10.0. The van der Waals surface area contributed by atoms with Crippen LogP contribution in [0.15, 0.2) is 78.9 Å². The SMILES string of the molecule is O=Cc1ccc(C(=O)OCC(=O)c2ccc(-c3ccccc3)cc2)cc1. The number of ether oxygens (including phenoxy) is 1. The summed E-state index contributed by atoms with van der Waals surface area (Å²) in [4.78, 5) is 34.8. The second-order valence-electron chi connectivity index (χ2n) is 5.68. The molecule has 4 heteroatoms. The van der Waals surface area contributed by atoms with E-state index < -0.39 is 5.97 Å². The molecule has 0 aliphatic carbocycles. The van der Waals surface area contributed by atoms with Crippen molar-refractivity contribution in [1.29, 1.82) is 0 Å². The van der Waals surface area contributed by atoms with Gasteiger partial charge in [0.05, 0.1) is 5.56 Å². The van der Waals surface area contributed by atoms with E-state index in [1.54, 1.807) is 12.1 Å². The monoisotopic (exact) mass is 344 g/mol. The van der Waals surface area contributed by atoms with Crippen molar-refractivity contribution in [3.63, 3.8) is 0 Å². The second kappa shape index (κ2) is 8.03. The van der Waals surface area contributed by atoms with Crippen molar-refractivity contribution in [1.82, 2.24) is 0 Å².